The number of benzene rings is 2. The van der Waals surface area contributed by atoms with Crippen LogP contribution >= 0.6 is 0 Å². The molecule has 4 rings (SSSR count). The van der Waals surface area contributed by atoms with Crippen molar-refractivity contribution in [2.45, 2.75) is 64.0 Å². The van der Waals surface area contributed by atoms with Crippen LogP contribution in [0.15, 0.2) is 67.1 Å². The molecule has 0 saturated heterocycles. The maximum Gasteiger partial charge on any atom is 0.279 e. The van der Waals surface area contributed by atoms with Crippen LogP contribution in [0.5, 0.6) is 0 Å². The largest absolute Gasteiger partial charge is 0.351 e. The van der Waals surface area contributed by atoms with Crippen molar-refractivity contribution < 1.29 is 14.0 Å². The molecule has 1 aliphatic rings. The van der Waals surface area contributed by atoms with E-state index in [-0.39, 0.29) is 17.6 Å². The molecule has 1 heterocycles. The lowest BCUT2D eigenvalue weighted by Crippen LogP contribution is -2.47. The summed E-state index contributed by atoms with van der Waals surface area (Å²) in [5.41, 5.74) is 2.31. The Balaban J connectivity index is 1.79. The van der Waals surface area contributed by atoms with Crippen molar-refractivity contribution in [1.29, 1.82) is 0 Å². The van der Waals surface area contributed by atoms with Gasteiger partial charge in [-0.25, -0.2) is 9.37 Å². The molecule has 0 unspecified atom stereocenters. The molecule has 3 aromatic rings. The van der Waals surface area contributed by atoms with Gasteiger partial charge in [-0.2, -0.15) is 0 Å². The maximum absolute atomic E-state index is 13.8. The molecule has 0 spiro atoms. The van der Waals surface area contributed by atoms with Gasteiger partial charge in [0.25, 0.3) is 5.91 Å². The third-order valence-corrected chi connectivity index (χ3v) is 6.48. The van der Waals surface area contributed by atoms with Crippen LogP contribution in [0.1, 0.15) is 79.5 Å². The zero-order valence-corrected chi connectivity index (χ0v) is 20.2. The van der Waals surface area contributed by atoms with Crippen molar-refractivity contribution in [1.82, 2.24) is 15.3 Å². The van der Waals surface area contributed by atoms with Crippen LogP contribution in [0.2, 0.25) is 0 Å². The first kappa shape index (κ1) is 24.5. The Kier molecular flexibility index (Phi) is 7.85. The fraction of sp³-hybridized carbons (Fsp3) is 0.357. The number of rotatable bonds is 7. The van der Waals surface area contributed by atoms with Gasteiger partial charge in [0.05, 0.1) is 6.20 Å². The molecule has 1 atom stereocenters. The second kappa shape index (κ2) is 11.2. The average Bonchev–Trinajstić information content (AvgIpc) is 2.88. The predicted molar refractivity (Wildman–Crippen MR) is 134 cm³/mol. The van der Waals surface area contributed by atoms with Gasteiger partial charge >= 0.3 is 0 Å². The Morgan fingerprint density at radius 3 is 2.20 bits per heavy atom. The van der Waals surface area contributed by atoms with Crippen molar-refractivity contribution >= 4 is 17.5 Å². The molecule has 6 nitrogen and oxygen atoms in total. The number of nitrogens with zero attached hydrogens (tertiary/aromatic N) is 3. The number of hydrogen-bond donors (Lipinski definition) is 1. The van der Waals surface area contributed by atoms with Crippen LogP contribution in [-0.4, -0.2) is 27.8 Å². The summed E-state index contributed by atoms with van der Waals surface area (Å²) in [5, 5.41) is 3.18. The monoisotopic (exact) mass is 474 g/mol. The lowest BCUT2D eigenvalue weighted by atomic mass is 9.94. The summed E-state index contributed by atoms with van der Waals surface area (Å²) in [6, 6.07) is 12.4. The number of nitrogens with one attached hydrogen (secondary N) is 1. The highest BCUT2D eigenvalue weighted by molar-refractivity contribution is 6.09. The molecule has 1 N–H and O–H groups in total. The van der Waals surface area contributed by atoms with Crippen LogP contribution in [0, 0.1) is 5.82 Å². The molecule has 7 heteroatoms. The van der Waals surface area contributed by atoms with E-state index >= 15 is 0 Å². The number of halogens is 1. The highest BCUT2D eigenvalue weighted by atomic mass is 19.1. The van der Waals surface area contributed by atoms with Crippen molar-refractivity contribution in [3.63, 3.8) is 0 Å². The second-order valence-corrected chi connectivity index (χ2v) is 9.31. The SMILES string of the molecule is CC(C)c1ccc([C@H](C(=O)NC2CCCCC2)N(C(=O)c2cnccn2)c2ccc(F)cc2)cc1. The molecule has 2 amide bonds. The zero-order chi connectivity index (χ0) is 24.8. The summed E-state index contributed by atoms with van der Waals surface area (Å²) < 4.78 is 13.8. The molecule has 1 saturated carbocycles. The van der Waals surface area contributed by atoms with Gasteiger partial charge in [0.1, 0.15) is 17.6 Å². The Morgan fingerprint density at radius 2 is 1.60 bits per heavy atom. The molecule has 0 aliphatic heterocycles. The molecule has 1 fully saturated rings. The Labute approximate surface area is 205 Å². The molecule has 1 aromatic heterocycles. The van der Waals surface area contributed by atoms with Gasteiger partial charge in [-0.05, 0) is 54.2 Å². The van der Waals surface area contributed by atoms with Crippen LogP contribution in [0.3, 0.4) is 0 Å². The molecule has 1 aliphatic carbocycles. The van der Waals surface area contributed by atoms with Crippen LogP contribution in [-0.2, 0) is 4.79 Å². The summed E-state index contributed by atoms with van der Waals surface area (Å²) in [5.74, 6) is -0.852. The molecular formula is C28H31FN4O2. The van der Waals surface area contributed by atoms with Crippen molar-refractivity contribution in [2.75, 3.05) is 4.90 Å². The van der Waals surface area contributed by atoms with Gasteiger partial charge in [0.15, 0.2) is 0 Å². The first-order chi connectivity index (χ1) is 16.9. The molecule has 0 radical (unpaired) electrons. The third kappa shape index (κ3) is 5.91. The fourth-order valence-corrected chi connectivity index (χ4v) is 4.53. The minimum Gasteiger partial charge on any atom is -0.351 e. The number of carbonyl (C=O) groups is 2. The number of aromatic nitrogens is 2. The average molecular weight is 475 g/mol. The standard InChI is InChI=1S/C28H31FN4O2/c1-19(2)20-8-10-21(11-9-20)26(27(34)32-23-6-4-3-5-7-23)33(24-14-12-22(29)13-15-24)28(35)25-18-30-16-17-31-25/h8-19,23,26H,3-7H2,1-2H3,(H,32,34)/t26-/m1/s1. The van der Waals surface area contributed by atoms with E-state index in [0.29, 0.717) is 17.2 Å². The lowest BCUT2D eigenvalue weighted by Gasteiger charge is -2.33. The van der Waals surface area contributed by atoms with E-state index < -0.39 is 17.8 Å². The summed E-state index contributed by atoms with van der Waals surface area (Å²) in [4.78, 5) is 37.2. The Morgan fingerprint density at radius 1 is 0.943 bits per heavy atom. The molecule has 35 heavy (non-hydrogen) atoms. The quantitative estimate of drug-likeness (QED) is 0.485. The second-order valence-electron chi connectivity index (χ2n) is 9.31. The lowest BCUT2D eigenvalue weighted by molar-refractivity contribution is -0.123. The fourth-order valence-electron chi connectivity index (χ4n) is 4.53. The molecule has 182 valence electrons. The number of hydrogen-bond acceptors (Lipinski definition) is 4. The van der Waals surface area contributed by atoms with Crippen LogP contribution < -0.4 is 10.2 Å². The van der Waals surface area contributed by atoms with Gasteiger partial charge in [0, 0.05) is 24.1 Å². The van der Waals surface area contributed by atoms with Crippen molar-refractivity contribution in [3.05, 3.63) is 89.8 Å². The zero-order valence-electron chi connectivity index (χ0n) is 20.2. The van der Waals surface area contributed by atoms with Crippen LogP contribution in [0.25, 0.3) is 0 Å². The first-order valence-corrected chi connectivity index (χ1v) is 12.2. The highest BCUT2D eigenvalue weighted by Crippen LogP contribution is 2.31. The summed E-state index contributed by atoms with van der Waals surface area (Å²) >= 11 is 0. The molecule has 2 aromatic carbocycles. The normalized spacial score (nSPS) is 15.0. The topological polar surface area (TPSA) is 75.2 Å². The van der Waals surface area contributed by atoms with E-state index in [4.69, 9.17) is 0 Å². The number of amides is 2. The van der Waals surface area contributed by atoms with Gasteiger partial charge in [-0.1, -0.05) is 57.4 Å². The van der Waals surface area contributed by atoms with E-state index in [0.717, 1.165) is 31.2 Å². The first-order valence-electron chi connectivity index (χ1n) is 12.2. The third-order valence-electron chi connectivity index (χ3n) is 6.48. The van der Waals surface area contributed by atoms with E-state index in [1.807, 2.05) is 24.3 Å². The van der Waals surface area contributed by atoms with E-state index in [1.54, 1.807) is 0 Å². The minimum absolute atomic E-state index is 0.0652. The van der Waals surface area contributed by atoms with Crippen molar-refractivity contribution in [2.24, 2.45) is 0 Å². The van der Waals surface area contributed by atoms with E-state index in [1.165, 1.54) is 54.2 Å². The summed E-state index contributed by atoms with van der Waals surface area (Å²) in [7, 11) is 0. The highest BCUT2D eigenvalue weighted by Gasteiger charge is 2.35. The smallest absolute Gasteiger partial charge is 0.279 e. The Bertz CT molecular complexity index is 1130. The predicted octanol–water partition coefficient (Wildman–Crippen LogP) is 5.58. The molecular weight excluding hydrogens is 443 g/mol. The van der Waals surface area contributed by atoms with Crippen molar-refractivity contribution in [3.8, 4) is 0 Å². The Hall–Kier alpha value is -3.61. The molecule has 0 bridgehead atoms. The summed E-state index contributed by atoms with van der Waals surface area (Å²) in [6.45, 7) is 4.20. The number of carbonyl (C=O) groups excluding carboxylic acids is 2. The van der Waals surface area contributed by atoms with E-state index in [2.05, 4.69) is 29.1 Å². The van der Waals surface area contributed by atoms with Gasteiger partial charge in [-0.3, -0.25) is 19.5 Å². The van der Waals surface area contributed by atoms with E-state index in [9.17, 15) is 14.0 Å². The van der Waals surface area contributed by atoms with Crippen LogP contribution in [0.4, 0.5) is 10.1 Å². The van der Waals surface area contributed by atoms with Gasteiger partial charge < -0.3 is 5.32 Å². The van der Waals surface area contributed by atoms with Gasteiger partial charge in [0.2, 0.25) is 5.91 Å². The number of anilines is 1. The maximum atomic E-state index is 13.8. The summed E-state index contributed by atoms with van der Waals surface area (Å²) in [6.07, 6.45) is 9.42. The van der Waals surface area contributed by atoms with Gasteiger partial charge in [-0.15, -0.1) is 0 Å². The minimum atomic E-state index is -0.960.